The summed E-state index contributed by atoms with van der Waals surface area (Å²) in [6.07, 6.45) is 3.84. The monoisotopic (exact) mass is 402 g/mol. The Labute approximate surface area is 166 Å². The van der Waals surface area contributed by atoms with Crippen molar-refractivity contribution in [2.24, 2.45) is 0 Å². The van der Waals surface area contributed by atoms with Crippen molar-refractivity contribution in [3.63, 3.8) is 0 Å². The van der Waals surface area contributed by atoms with Crippen molar-refractivity contribution in [3.05, 3.63) is 65.7 Å². The third-order valence-corrected chi connectivity index (χ3v) is 6.16. The third kappa shape index (κ3) is 4.91. The highest BCUT2D eigenvalue weighted by Gasteiger charge is 2.28. The maximum Gasteiger partial charge on any atom is 0.253 e. The van der Waals surface area contributed by atoms with Crippen LogP contribution in [-0.2, 0) is 16.6 Å². The van der Waals surface area contributed by atoms with Crippen molar-refractivity contribution in [1.82, 2.24) is 5.32 Å². The fourth-order valence-corrected chi connectivity index (χ4v) is 4.44. The molecule has 2 aromatic rings. The molecule has 1 aliphatic rings. The van der Waals surface area contributed by atoms with Gasteiger partial charge in [0.15, 0.2) is 0 Å². The fourth-order valence-electron chi connectivity index (χ4n) is 3.54. The molecule has 0 saturated heterocycles. The molecule has 0 aliphatic heterocycles. The number of amides is 1. The van der Waals surface area contributed by atoms with Crippen LogP contribution in [0.3, 0.4) is 0 Å². The minimum Gasteiger partial charge on any atom is -0.391 e. The van der Waals surface area contributed by atoms with Gasteiger partial charge in [0, 0.05) is 0 Å². The van der Waals surface area contributed by atoms with E-state index in [1.807, 2.05) is 30.3 Å². The molecule has 2 aromatic carbocycles. The van der Waals surface area contributed by atoms with Crippen LogP contribution in [0.15, 0.2) is 54.6 Å². The van der Waals surface area contributed by atoms with Gasteiger partial charge in [0.1, 0.15) is 0 Å². The van der Waals surface area contributed by atoms with E-state index in [-0.39, 0.29) is 24.1 Å². The van der Waals surface area contributed by atoms with Crippen molar-refractivity contribution in [2.45, 2.75) is 44.4 Å². The van der Waals surface area contributed by atoms with E-state index >= 15 is 0 Å². The van der Waals surface area contributed by atoms with Gasteiger partial charge in [-0.15, -0.1) is 0 Å². The summed E-state index contributed by atoms with van der Waals surface area (Å²) in [4.78, 5) is 12.9. The quantitative estimate of drug-likeness (QED) is 0.778. The van der Waals surface area contributed by atoms with E-state index in [9.17, 15) is 18.3 Å². The highest BCUT2D eigenvalue weighted by molar-refractivity contribution is 7.92. The molecule has 1 fully saturated rings. The molecule has 28 heavy (non-hydrogen) atoms. The van der Waals surface area contributed by atoms with Crippen LogP contribution in [0.2, 0.25) is 0 Å². The lowest BCUT2D eigenvalue weighted by atomic mass is 9.92. The number of nitrogens with one attached hydrogen (secondary N) is 1. The first-order chi connectivity index (χ1) is 13.4. The van der Waals surface area contributed by atoms with E-state index in [2.05, 4.69) is 5.32 Å². The summed E-state index contributed by atoms with van der Waals surface area (Å²) in [5.41, 5.74) is 1.43. The first-order valence-electron chi connectivity index (χ1n) is 9.46. The molecule has 0 spiro atoms. The zero-order valence-electron chi connectivity index (χ0n) is 15.9. The Kier molecular flexibility index (Phi) is 6.36. The molecule has 1 aliphatic carbocycles. The summed E-state index contributed by atoms with van der Waals surface area (Å²) < 4.78 is 26.3. The number of nitrogens with zero attached hydrogens (tertiary/aromatic N) is 1. The van der Waals surface area contributed by atoms with Crippen molar-refractivity contribution in [2.75, 3.05) is 10.6 Å². The molecular weight excluding hydrogens is 376 g/mol. The normalized spacial score (nSPS) is 19.8. The van der Waals surface area contributed by atoms with Gasteiger partial charge >= 0.3 is 0 Å². The maximum absolute atomic E-state index is 12.9. The summed E-state index contributed by atoms with van der Waals surface area (Å²) in [6, 6.07) is 15.6. The smallest absolute Gasteiger partial charge is 0.253 e. The Morgan fingerprint density at radius 3 is 2.39 bits per heavy atom. The molecule has 6 nitrogen and oxygen atoms in total. The standard InChI is InChI=1S/C21H26N2O4S/c1-28(26,27)23(15-16-9-3-2-4-10-16)19-13-7-5-11-17(19)21(25)22-18-12-6-8-14-20(18)24/h2-5,7,9-11,13,18,20,24H,6,8,12,14-15H2,1H3,(H,22,25)/t18-,20+/m1/s1. The molecule has 2 atom stereocenters. The summed E-state index contributed by atoms with van der Waals surface area (Å²) in [5.74, 6) is -0.372. The number of rotatable bonds is 6. The lowest BCUT2D eigenvalue weighted by molar-refractivity contribution is 0.0717. The first kappa shape index (κ1) is 20.4. The molecule has 2 N–H and O–H groups in total. The summed E-state index contributed by atoms with van der Waals surface area (Å²) >= 11 is 0. The minimum absolute atomic E-state index is 0.135. The van der Waals surface area contributed by atoms with Crippen LogP contribution in [0, 0.1) is 0 Å². The van der Waals surface area contributed by atoms with Gasteiger partial charge in [0.05, 0.1) is 36.2 Å². The number of carbonyl (C=O) groups is 1. The van der Waals surface area contributed by atoms with Crippen LogP contribution in [0.25, 0.3) is 0 Å². The van der Waals surface area contributed by atoms with Crippen LogP contribution in [0.4, 0.5) is 5.69 Å². The molecule has 0 heterocycles. The van der Waals surface area contributed by atoms with Gasteiger partial charge in [-0.25, -0.2) is 8.42 Å². The number of aliphatic hydroxyl groups is 1. The molecule has 150 valence electrons. The Morgan fingerprint density at radius 2 is 1.71 bits per heavy atom. The number of para-hydroxylation sites is 1. The second-order valence-corrected chi connectivity index (χ2v) is 9.11. The van der Waals surface area contributed by atoms with Crippen LogP contribution in [-0.4, -0.2) is 37.8 Å². The number of benzene rings is 2. The highest BCUT2D eigenvalue weighted by Crippen LogP contribution is 2.26. The molecule has 0 bridgehead atoms. The van der Waals surface area contributed by atoms with E-state index in [1.54, 1.807) is 24.3 Å². The number of hydrogen-bond donors (Lipinski definition) is 2. The first-order valence-corrected chi connectivity index (χ1v) is 11.3. The fraction of sp³-hybridized carbons (Fsp3) is 0.381. The van der Waals surface area contributed by atoms with Gasteiger partial charge in [0.25, 0.3) is 5.91 Å². The Morgan fingerprint density at radius 1 is 1.07 bits per heavy atom. The Hall–Kier alpha value is -2.38. The van der Waals surface area contributed by atoms with E-state index in [1.165, 1.54) is 4.31 Å². The van der Waals surface area contributed by atoms with Gasteiger partial charge in [-0.05, 0) is 30.5 Å². The number of hydrogen-bond acceptors (Lipinski definition) is 4. The van der Waals surface area contributed by atoms with Gasteiger partial charge in [0.2, 0.25) is 10.0 Å². The van der Waals surface area contributed by atoms with E-state index in [0.29, 0.717) is 12.1 Å². The predicted molar refractivity (Wildman–Crippen MR) is 110 cm³/mol. The molecular formula is C21H26N2O4S. The van der Waals surface area contributed by atoms with E-state index in [0.717, 1.165) is 31.1 Å². The molecule has 0 aromatic heterocycles. The summed E-state index contributed by atoms with van der Waals surface area (Å²) in [5, 5.41) is 13.0. The largest absolute Gasteiger partial charge is 0.391 e. The van der Waals surface area contributed by atoms with E-state index < -0.39 is 16.1 Å². The van der Waals surface area contributed by atoms with Gasteiger partial charge in [-0.1, -0.05) is 55.3 Å². The minimum atomic E-state index is -3.61. The molecule has 3 rings (SSSR count). The number of anilines is 1. The molecule has 0 unspecified atom stereocenters. The number of sulfonamides is 1. The van der Waals surface area contributed by atoms with Crippen LogP contribution < -0.4 is 9.62 Å². The van der Waals surface area contributed by atoms with Crippen LogP contribution >= 0.6 is 0 Å². The molecule has 1 saturated carbocycles. The molecule has 7 heteroatoms. The second kappa shape index (κ2) is 8.75. The average Bonchev–Trinajstić information content (AvgIpc) is 2.68. The van der Waals surface area contributed by atoms with Gasteiger partial charge in [-0.2, -0.15) is 0 Å². The van der Waals surface area contributed by atoms with Crippen molar-refractivity contribution < 1.29 is 18.3 Å². The Balaban J connectivity index is 1.90. The summed E-state index contributed by atoms with van der Waals surface area (Å²) in [7, 11) is -3.61. The zero-order chi connectivity index (χ0) is 20.1. The summed E-state index contributed by atoms with van der Waals surface area (Å²) in [6.45, 7) is 0.135. The maximum atomic E-state index is 12.9. The lowest BCUT2D eigenvalue weighted by Gasteiger charge is -2.29. The van der Waals surface area contributed by atoms with Crippen LogP contribution in [0.1, 0.15) is 41.6 Å². The zero-order valence-corrected chi connectivity index (χ0v) is 16.7. The van der Waals surface area contributed by atoms with Crippen molar-refractivity contribution in [3.8, 4) is 0 Å². The van der Waals surface area contributed by atoms with Crippen molar-refractivity contribution >= 4 is 21.6 Å². The lowest BCUT2D eigenvalue weighted by Crippen LogP contribution is -2.45. The van der Waals surface area contributed by atoms with E-state index in [4.69, 9.17) is 0 Å². The van der Waals surface area contributed by atoms with Gasteiger partial charge < -0.3 is 10.4 Å². The topological polar surface area (TPSA) is 86.7 Å². The third-order valence-electron chi connectivity index (χ3n) is 5.03. The predicted octanol–water partition coefficient (Wildman–Crippen LogP) is 2.69. The van der Waals surface area contributed by atoms with Crippen molar-refractivity contribution in [1.29, 1.82) is 0 Å². The number of carbonyl (C=O) groups excluding carboxylic acids is 1. The average molecular weight is 403 g/mol. The molecule has 1 amide bonds. The van der Waals surface area contributed by atoms with Crippen LogP contribution in [0.5, 0.6) is 0 Å². The number of aliphatic hydroxyl groups excluding tert-OH is 1. The molecule has 0 radical (unpaired) electrons. The van der Waals surface area contributed by atoms with Gasteiger partial charge in [-0.3, -0.25) is 9.10 Å². The SMILES string of the molecule is CS(=O)(=O)N(Cc1ccccc1)c1ccccc1C(=O)N[C@@H]1CCCC[C@@H]1O. The Bertz CT molecular complexity index is 915. The second-order valence-electron chi connectivity index (χ2n) is 7.20. The highest BCUT2D eigenvalue weighted by atomic mass is 32.2.